The number of rotatable bonds is 6. The number of carbonyl (C=O) groups is 2. The van der Waals surface area contributed by atoms with Gasteiger partial charge in [-0.05, 0) is 76.7 Å². The number of ether oxygens (including phenoxy) is 2. The van der Waals surface area contributed by atoms with Gasteiger partial charge in [-0.2, -0.15) is 0 Å². The van der Waals surface area contributed by atoms with Crippen molar-refractivity contribution in [2.45, 2.75) is 32.7 Å². The summed E-state index contributed by atoms with van der Waals surface area (Å²) in [4.78, 5) is 39.6. The highest BCUT2D eigenvalue weighted by Crippen LogP contribution is 2.41. The Balaban J connectivity index is 1.17. The van der Waals surface area contributed by atoms with Crippen molar-refractivity contribution in [2.24, 2.45) is 0 Å². The van der Waals surface area contributed by atoms with Gasteiger partial charge in [0.25, 0.3) is 11.8 Å². The van der Waals surface area contributed by atoms with Crippen molar-refractivity contribution < 1.29 is 19.1 Å². The second kappa shape index (κ2) is 12.2. The van der Waals surface area contributed by atoms with Crippen LogP contribution < -0.4 is 19.7 Å². The number of likely N-dealkylation sites (tertiary alicyclic amines) is 1. The summed E-state index contributed by atoms with van der Waals surface area (Å²) in [5.74, 6) is 2.04. The number of aromatic nitrogens is 1. The van der Waals surface area contributed by atoms with Gasteiger partial charge in [0.15, 0.2) is 5.75 Å². The zero-order valence-corrected chi connectivity index (χ0v) is 25.4. The fraction of sp³-hybridized carbons (Fsp3) is 0.424. The molecule has 6 rings (SSSR count). The highest BCUT2D eigenvalue weighted by atomic mass is 16.5. The molecule has 2 amide bonds. The van der Waals surface area contributed by atoms with E-state index in [1.54, 1.807) is 30.3 Å². The van der Waals surface area contributed by atoms with E-state index in [2.05, 4.69) is 27.1 Å². The maximum absolute atomic E-state index is 13.5. The van der Waals surface area contributed by atoms with Crippen molar-refractivity contribution in [3.63, 3.8) is 0 Å². The fourth-order valence-corrected chi connectivity index (χ4v) is 6.19. The molecule has 0 radical (unpaired) electrons. The molecular weight excluding hydrogens is 544 g/mol. The zero-order valence-electron chi connectivity index (χ0n) is 25.4. The zero-order chi connectivity index (χ0) is 30.1. The van der Waals surface area contributed by atoms with Crippen LogP contribution in [0.25, 0.3) is 0 Å². The number of hydrogen-bond acceptors (Lipinski definition) is 8. The van der Waals surface area contributed by atoms with E-state index in [9.17, 15) is 9.59 Å². The maximum atomic E-state index is 13.5. The van der Waals surface area contributed by atoms with Crippen LogP contribution in [0, 0.1) is 6.92 Å². The minimum absolute atomic E-state index is 0.0221. The van der Waals surface area contributed by atoms with Crippen molar-refractivity contribution in [1.82, 2.24) is 19.7 Å². The predicted molar refractivity (Wildman–Crippen MR) is 167 cm³/mol. The summed E-state index contributed by atoms with van der Waals surface area (Å²) in [6, 6.07) is 13.4. The van der Waals surface area contributed by atoms with E-state index in [1.165, 1.54) is 12.8 Å². The van der Waals surface area contributed by atoms with E-state index in [0.717, 1.165) is 44.8 Å². The Hall–Kier alpha value is -4.15. The first-order valence-electron chi connectivity index (χ1n) is 15.1. The van der Waals surface area contributed by atoms with Crippen molar-refractivity contribution in [2.75, 3.05) is 70.2 Å². The molecule has 0 unspecified atom stereocenters. The Morgan fingerprint density at radius 1 is 1.05 bits per heavy atom. The quantitative estimate of drug-likeness (QED) is 0.444. The van der Waals surface area contributed by atoms with E-state index in [4.69, 9.17) is 9.47 Å². The summed E-state index contributed by atoms with van der Waals surface area (Å²) >= 11 is 0. The number of amides is 2. The Kier molecular flexibility index (Phi) is 8.23. The average molecular weight is 585 g/mol. The van der Waals surface area contributed by atoms with Gasteiger partial charge in [0.2, 0.25) is 0 Å². The molecule has 1 N–H and O–H groups in total. The van der Waals surface area contributed by atoms with Crippen molar-refractivity contribution in [1.29, 1.82) is 0 Å². The van der Waals surface area contributed by atoms with Gasteiger partial charge in [0.05, 0.1) is 24.1 Å². The minimum atomic E-state index is -0.151. The number of hydrogen-bond donors (Lipinski definition) is 1. The third-order valence-electron chi connectivity index (χ3n) is 8.76. The summed E-state index contributed by atoms with van der Waals surface area (Å²) in [5, 5.41) is 3.33. The first-order valence-corrected chi connectivity index (χ1v) is 15.1. The Morgan fingerprint density at radius 2 is 1.81 bits per heavy atom. The monoisotopic (exact) mass is 584 g/mol. The van der Waals surface area contributed by atoms with Gasteiger partial charge >= 0.3 is 0 Å². The summed E-state index contributed by atoms with van der Waals surface area (Å²) in [6.07, 6.45) is 4.02. The Labute approximate surface area is 253 Å². The number of pyridine rings is 1. The lowest BCUT2D eigenvalue weighted by atomic mass is 10.0. The third kappa shape index (κ3) is 5.89. The second-order valence-electron chi connectivity index (χ2n) is 11.6. The number of para-hydroxylation sites is 1. The molecule has 3 aliphatic rings. The van der Waals surface area contributed by atoms with Crippen LogP contribution in [0.5, 0.6) is 17.2 Å². The third-order valence-corrected chi connectivity index (χ3v) is 8.76. The number of piperidine rings is 1. The number of carbonyl (C=O) groups excluding carboxylic acids is 2. The van der Waals surface area contributed by atoms with Crippen LogP contribution in [0.2, 0.25) is 0 Å². The highest BCUT2D eigenvalue weighted by molar-refractivity contribution is 6.09. The molecule has 10 heteroatoms. The molecule has 3 aromatic rings. The standard InChI is InChI=1S/C33H40N6O4/c1-5-42-28-19-23(32(40)39-17-15-38(16-18-39)24-11-13-36(3)14-12-24)9-10-26(28)35-30-20-29-27(21-34-30)37(4)33(41)25-8-6-7-22(2)31(25)43-29/h6-10,19-21,24H,5,11-18H2,1-4H3,(H,34,35). The topological polar surface area (TPSA) is 90.5 Å². The fourth-order valence-electron chi connectivity index (χ4n) is 6.19. The lowest BCUT2D eigenvalue weighted by molar-refractivity contribution is 0.0475. The molecule has 226 valence electrons. The van der Waals surface area contributed by atoms with Crippen molar-refractivity contribution in [3.8, 4) is 17.2 Å². The highest BCUT2D eigenvalue weighted by Gasteiger charge is 2.30. The van der Waals surface area contributed by atoms with E-state index < -0.39 is 0 Å². The maximum Gasteiger partial charge on any atom is 0.261 e. The summed E-state index contributed by atoms with van der Waals surface area (Å²) < 4.78 is 12.2. The lowest BCUT2D eigenvalue weighted by Crippen LogP contribution is -2.54. The molecular formula is C33H40N6O4. The Morgan fingerprint density at radius 3 is 2.56 bits per heavy atom. The number of anilines is 3. The molecule has 1 aromatic heterocycles. The van der Waals surface area contributed by atoms with Gasteiger partial charge in [0.1, 0.15) is 23.0 Å². The molecule has 3 aliphatic heterocycles. The average Bonchev–Trinajstić information content (AvgIpc) is 3.12. The molecule has 2 fully saturated rings. The van der Waals surface area contributed by atoms with Crippen LogP contribution in [0.1, 0.15) is 46.0 Å². The van der Waals surface area contributed by atoms with Crippen molar-refractivity contribution in [3.05, 3.63) is 65.4 Å². The van der Waals surface area contributed by atoms with Crippen LogP contribution in [-0.4, -0.2) is 97.5 Å². The van der Waals surface area contributed by atoms with Crippen LogP contribution in [-0.2, 0) is 0 Å². The van der Waals surface area contributed by atoms with Crippen LogP contribution in [0.15, 0.2) is 48.7 Å². The van der Waals surface area contributed by atoms with Gasteiger partial charge in [-0.3, -0.25) is 14.5 Å². The summed E-state index contributed by atoms with van der Waals surface area (Å²) in [6.45, 7) is 9.86. The molecule has 2 saturated heterocycles. The molecule has 0 aliphatic carbocycles. The van der Waals surface area contributed by atoms with E-state index in [-0.39, 0.29) is 11.8 Å². The largest absolute Gasteiger partial charge is 0.492 e. The number of benzene rings is 2. The van der Waals surface area contributed by atoms with Crippen molar-refractivity contribution >= 4 is 29.0 Å². The molecule has 0 atom stereocenters. The first-order chi connectivity index (χ1) is 20.8. The Bertz CT molecular complexity index is 1510. The van der Waals surface area contributed by atoms with Gasteiger partial charge in [-0.15, -0.1) is 0 Å². The number of nitrogens with zero attached hydrogens (tertiary/aromatic N) is 5. The molecule has 4 heterocycles. The van der Waals surface area contributed by atoms with Gasteiger partial charge < -0.3 is 29.5 Å². The minimum Gasteiger partial charge on any atom is -0.492 e. The molecule has 0 saturated carbocycles. The molecule has 10 nitrogen and oxygen atoms in total. The van der Waals surface area contributed by atoms with E-state index >= 15 is 0 Å². The number of fused-ring (bicyclic) bond motifs is 2. The smallest absolute Gasteiger partial charge is 0.261 e. The second-order valence-corrected chi connectivity index (χ2v) is 11.6. The lowest BCUT2D eigenvalue weighted by Gasteiger charge is -2.42. The van der Waals surface area contributed by atoms with Gasteiger partial charge in [-0.25, -0.2) is 4.98 Å². The molecule has 0 bridgehead atoms. The van der Waals surface area contributed by atoms with Crippen LogP contribution >= 0.6 is 0 Å². The normalized spacial score (nSPS) is 18.0. The van der Waals surface area contributed by atoms with E-state index in [1.807, 2.05) is 49.1 Å². The summed E-state index contributed by atoms with van der Waals surface area (Å²) in [5.41, 5.74) is 3.25. The molecule has 0 spiro atoms. The predicted octanol–water partition coefficient (Wildman–Crippen LogP) is 4.77. The van der Waals surface area contributed by atoms with Crippen LogP contribution in [0.3, 0.4) is 0 Å². The van der Waals surface area contributed by atoms with Crippen LogP contribution in [0.4, 0.5) is 17.2 Å². The number of aryl methyl sites for hydroxylation is 1. The number of nitrogens with one attached hydrogen (secondary N) is 1. The SMILES string of the molecule is CCOc1cc(C(=O)N2CCN(C3CCN(C)CC3)CC2)ccc1Nc1cc2c(cn1)N(C)C(=O)c1cccc(C)c1O2. The number of piperazine rings is 1. The van der Waals surface area contributed by atoms with Gasteiger partial charge in [-0.1, -0.05) is 12.1 Å². The molecule has 43 heavy (non-hydrogen) atoms. The first kappa shape index (κ1) is 28.9. The summed E-state index contributed by atoms with van der Waals surface area (Å²) in [7, 11) is 3.90. The van der Waals surface area contributed by atoms with E-state index in [0.29, 0.717) is 58.2 Å². The molecule has 2 aromatic carbocycles. The van der Waals surface area contributed by atoms with Gasteiger partial charge in [0, 0.05) is 50.9 Å².